The smallest absolute Gasteiger partial charge is 0.303 e. The van der Waals surface area contributed by atoms with Crippen molar-refractivity contribution >= 4 is 5.97 Å². The van der Waals surface area contributed by atoms with Crippen LogP contribution in [0, 0.1) is 5.41 Å². The third-order valence-electron chi connectivity index (χ3n) is 3.40. The van der Waals surface area contributed by atoms with Crippen LogP contribution >= 0.6 is 0 Å². The monoisotopic (exact) mass is 204 g/mol. The summed E-state index contributed by atoms with van der Waals surface area (Å²) in [7, 11) is 0. The molecule has 1 aliphatic carbocycles. The van der Waals surface area contributed by atoms with Crippen molar-refractivity contribution < 1.29 is 9.90 Å². The van der Waals surface area contributed by atoms with E-state index in [1.807, 2.05) is 12.1 Å². The van der Waals surface area contributed by atoms with Crippen LogP contribution in [0.15, 0.2) is 24.3 Å². The Morgan fingerprint density at radius 1 is 1.47 bits per heavy atom. The van der Waals surface area contributed by atoms with Gasteiger partial charge in [-0.15, -0.1) is 0 Å². The minimum absolute atomic E-state index is 0.0715. The van der Waals surface area contributed by atoms with Gasteiger partial charge in [0.25, 0.3) is 0 Å². The largest absolute Gasteiger partial charge is 0.481 e. The van der Waals surface area contributed by atoms with Gasteiger partial charge in [0.15, 0.2) is 0 Å². The molecule has 2 heteroatoms. The molecule has 1 unspecified atom stereocenters. The molecule has 1 N–H and O–H groups in total. The van der Waals surface area contributed by atoms with Gasteiger partial charge in [0.1, 0.15) is 0 Å². The van der Waals surface area contributed by atoms with E-state index >= 15 is 0 Å². The van der Waals surface area contributed by atoms with E-state index < -0.39 is 5.97 Å². The lowest BCUT2D eigenvalue weighted by Gasteiger charge is -2.26. The number of fused-ring (bicyclic) bond motifs is 1. The van der Waals surface area contributed by atoms with E-state index in [1.165, 1.54) is 11.1 Å². The summed E-state index contributed by atoms with van der Waals surface area (Å²) in [6.45, 7) is 4.31. The molecule has 1 aromatic rings. The Morgan fingerprint density at radius 3 is 2.80 bits per heavy atom. The molecule has 0 fully saturated rings. The number of aliphatic carboxylic acids is 1. The van der Waals surface area contributed by atoms with Crippen LogP contribution in [0.4, 0.5) is 0 Å². The van der Waals surface area contributed by atoms with E-state index in [0.717, 1.165) is 6.42 Å². The molecule has 0 saturated heterocycles. The van der Waals surface area contributed by atoms with Crippen molar-refractivity contribution in [2.24, 2.45) is 5.41 Å². The first-order valence-corrected chi connectivity index (χ1v) is 5.30. The van der Waals surface area contributed by atoms with Crippen LogP contribution in [0.2, 0.25) is 0 Å². The molecular weight excluding hydrogens is 188 g/mol. The number of hydrogen-bond donors (Lipinski definition) is 1. The predicted molar refractivity (Wildman–Crippen MR) is 58.9 cm³/mol. The second-order valence-electron chi connectivity index (χ2n) is 5.01. The van der Waals surface area contributed by atoms with Crippen molar-refractivity contribution in [1.29, 1.82) is 0 Å². The maximum atomic E-state index is 10.9. The van der Waals surface area contributed by atoms with Crippen molar-refractivity contribution in [2.45, 2.75) is 32.6 Å². The van der Waals surface area contributed by atoms with Crippen LogP contribution in [0.3, 0.4) is 0 Å². The molecular formula is C13H16O2. The SMILES string of the molecule is CC1(C)Cc2ccccc2C1CC(=O)O. The molecule has 0 aliphatic heterocycles. The topological polar surface area (TPSA) is 37.3 Å². The second-order valence-corrected chi connectivity index (χ2v) is 5.01. The summed E-state index contributed by atoms with van der Waals surface area (Å²) in [5, 5.41) is 8.93. The van der Waals surface area contributed by atoms with Gasteiger partial charge in [-0.1, -0.05) is 38.1 Å². The maximum Gasteiger partial charge on any atom is 0.303 e. The van der Waals surface area contributed by atoms with Gasteiger partial charge in [0, 0.05) is 5.92 Å². The lowest BCUT2D eigenvalue weighted by molar-refractivity contribution is -0.138. The first-order valence-electron chi connectivity index (χ1n) is 5.30. The summed E-state index contributed by atoms with van der Waals surface area (Å²) in [6, 6.07) is 8.20. The van der Waals surface area contributed by atoms with E-state index in [9.17, 15) is 4.79 Å². The van der Waals surface area contributed by atoms with Crippen molar-refractivity contribution in [3.63, 3.8) is 0 Å². The molecule has 1 aromatic carbocycles. The average molecular weight is 204 g/mol. The van der Waals surface area contributed by atoms with Crippen LogP contribution in [0.25, 0.3) is 0 Å². The Bertz CT molecular complexity index is 393. The van der Waals surface area contributed by atoms with Crippen LogP contribution in [-0.4, -0.2) is 11.1 Å². The van der Waals surface area contributed by atoms with E-state index in [2.05, 4.69) is 26.0 Å². The maximum absolute atomic E-state index is 10.9. The molecule has 1 atom stereocenters. The number of carboxylic acids is 1. The Kier molecular flexibility index (Phi) is 2.29. The highest BCUT2D eigenvalue weighted by molar-refractivity contribution is 5.68. The van der Waals surface area contributed by atoms with Crippen molar-refractivity contribution in [1.82, 2.24) is 0 Å². The fourth-order valence-corrected chi connectivity index (χ4v) is 2.63. The molecule has 0 amide bonds. The Balaban J connectivity index is 2.38. The molecule has 2 nitrogen and oxygen atoms in total. The molecule has 0 heterocycles. The van der Waals surface area contributed by atoms with Crippen molar-refractivity contribution in [3.05, 3.63) is 35.4 Å². The van der Waals surface area contributed by atoms with Gasteiger partial charge < -0.3 is 5.11 Å². The Labute approximate surface area is 89.9 Å². The number of benzene rings is 1. The van der Waals surface area contributed by atoms with Crippen LogP contribution in [0.1, 0.15) is 37.3 Å². The summed E-state index contributed by atoms with van der Waals surface area (Å²) in [6.07, 6.45) is 1.23. The minimum atomic E-state index is -0.704. The van der Waals surface area contributed by atoms with Gasteiger partial charge in [-0.3, -0.25) is 4.79 Å². The zero-order valence-corrected chi connectivity index (χ0v) is 9.16. The molecule has 0 spiro atoms. The summed E-state index contributed by atoms with van der Waals surface area (Å²) in [5.74, 6) is -0.545. The lowest BCUT2D eigenvalue weighted by atomic mass is 9.78. The van der Waals surface area contributed by atoms with Crippen LogP contribution < -0.4 is 0 Å². The summed E-state index contributed by atoms with van der Waals surface area (Å²) in [5.41, 5.74) is 2.61. The molecule has 0 aromatic heterocycles. The highest BCUT2D eigenvalue weighted by atomic mass is 16.4. The predicted octanol–water partition coefficient (Wildman–Crippen LogP) is 2.83. The number of hydrogen-bond acceptors (Lipinski definition) is 1. The molecule has 15 heavy (non-hydrogen) atoms. The highest BCUT2D eigenvalue weighted by Gasteiger charge is 2.39. The van der Waals surface area contributed by atoms with Gasteiger partial charge in [0.05, 0.1) is 6.42 Å². The lowest BCUT2D eigenvalue weighted by Crippen LogP contribution is -2.20. The molecule has 0 radical (unpaired) electrons. The molecule has 1 aliphatic rings. The van der Waals surface area contributed by atoms with Gasteiger partial charge in [-0.25, -0.2) is 0 Å². The molecule has 0 saturated carbocycles. The van der Waals surface area contributed by atoms with E-state index in [-0.39, 0.29) is 17.8 Å². The van der Waals surface area contributed by atoms with Gasteiger partial charge in [0.2, 0.25) is 0 Å². The number of rotatable bonds is 2. The zero-order chi connectivity index (χ0) is 11.1. The Morgan fingerprint density at radius 2 is 2.13 bits per heavy atom. The second kappa shape index (κ2) is 3.37. The third-order valence-corrected chi connectivity index (χ3v) is 3.40. The summed E-state index contributed by atoms with van der Waals surface area (Å²) < 4.78 is 0. The first-order chi connectivity index (χ1) is 7.00. The third kappa shape index (κ3) is 1.76. The van der Waals surface area contributed by atoms with Gasteiger partial charge in [-0.2, -0.15) is 0 Å². The van der Waals surface area contributed by atoms with Gasteiger partial charge >= 0.3 is 5.97 Å². The fraction of sp³-hybridized carbons (Fsp3) is 0.462. The number of carbonyl (C=O) groups is 1. The van der Waals surface area contributed by atoms with Gasteiger partial charge in [-0.05, 0) is 23.0 Å². The molecule has 0 bridgehead atoms. The zero-order valence-electron chi connectivity index (χ0n) is 9.16. The summed E-state index contributed by atoms with van der Waals surface area (Å²) >= 11 is 0. The summed E-state index contributed by atoms with van der Waals surface area (Å²) in [4.78, 5) is 10.9. The highest BCUT2D eigenvalue weighted by Crippen LogP contribution is 2.48. The van der Waals surface area contributed by atoms with Crippen molar-refractivity contribution in [2.75, 3.05) is 0 Å². The van der Waals surface area contributed by atoms with E-state index in [4.69, 9.17) is 5.11 Å². The fourth-order valence-electron chi connectivity index (χ4n) is 2.63. The first kappa shape index (κ1) is 10.2. The quantitative estimate of drug-likeness (QED) is 0.804. The Hall–Kier alpha value is -1.31. The van der Waals surface area contributed by atoms with E-state index in [0.29, 0.717) is 0 Å². The van der Waals surface area contributed by atoms with Crippen LogP contribution in [0.5, 0.6) is 0 Å². The number of carboxylic acid groups (broad SMARTS) is 1. The standard InChI is InChI=1S/C13H16O2/c1-13(2)8-9-5-3-4-6-10(9)11(13)7-12(14)15/h3-6,11H,7-8H2,1-2H3,(H,14,15). The minimum Gasteiger partial charge on any atom is -0.481 e. The normalized spacial score (nSPS) is 22.4. The molecule has 2 rings (SSSR count). The van der Waals surface area contributed by atoms with Crippen molar-refractivity contribution in [3.8, 4) is 0 Å². The van der Waals surface area contributed by atoms with E-state index in [1.54, 1.807) is 0 Å². The molecule has 80 valence electrons. The van der Waals surface area contributed by atoms with Crippen LogP contribution in [-0.2, 0) is 11.2 Å². The average Bonchev–Trinajstić information content (AvgIpc) is 2.37.